The number of β-amino-alcohol motifs (C(OH)–C–C–N with tert-alkyl or cyclic N) is 1. The molecule has 1 atom stereocenters. The molecule has 0 unspecified atom stereocenters. The Morgan fingerprint density at radius 1 is 1.13 bits per heavy atom. The molecular weight excluding hydrogens is 311 g/mol. The Kier molecular flexibility index (Phi) is 6.52. The Labute approximate surface area is 134 Å². The van der Waals surface area contributed by atoms with Gasteiger partial charge in [-0.25, -0.2) is 4.79 Å². The lowest BCUT2D eigenvalue weighted by Gasteiger charge is -2.36. The number of nitrogens with zero attached hydrogens (tertiary/aromatic N) is 2. The average Bonchev–Trinajstić information content (AvgIpc) is 2.47. The smallest absolute Gasteiger partial charge is 0.391 e. The van der Waals surface area contributed by atoms with E-state index in [0.717, 1.165) is 25.7 Å². The van der Waals surface area contributed by atoms with Gasteiger partial charge in [0.05, 0.1) is 12.5 Å². The number of amides is 2. The molecule has 2 rings (SSSR count). The van der Waals surface area contributed by atoms with Crippen molar-refractivity contribution < 1.29 is 23.1 Å². The molecule has 1 saturated heterocycles. The molecule has 1 saturated carbocycles. The van der Waals surface area contributed by atoms with E-state index in [2.05, 4.69) is 5.32 Å². The van der Waals surface area contributed by atoms with Gasteiger partial charge in [0.1, 0.15) is 0 Å². The van der Waals surface area contributed by atoms with Crippen LogP contribution in [-0.4, -0.2) is 72.0 Å². The van der Waals surface area contributed by atoms with E-state index in [1.165, 1.54) is 6.42 Å². The second kappa shape index (κ2) is 8.19. The highest BCUT2D eigenvalue weighted by molar-refractivity contribution is 5.74. The van der Waals surface area contributed by atoms with Gasteiger partial charge in [-0.15, -0.1) is 0 Å². The first kappa shape index (κ1) is 18.3. The van der Waals surface area contributed by atoms with Crippen LogP contribution in [0.3, 0.4) is 0 Å². The number of alkyl halides is 3. The van der Waals surface area contributed by atoms with Gasteiger partial charge in [-0.3, -0.25) is 4.90 Å². The minimum atomic E-state index is -4.35. The van der Waals surface area contributed by atoms with Gasteiger partial charge in [0, 0.05) is 38.8 Å². The molecule has 5 nitrogen and oxygen atoms in total. The maximum atomic E-state index is 12.2. The highest BCUT2D eigenvalue weighted by Crippen LogP contribution is 2.22. The van der Waals surface area contributed by atoms with E-state index in [4.69, 9.17) is 0 Å². The quantitative estimate of drug-likeness (QED) is 0.825. The summed E-state index contributed by atoms with van der Waals surface area (Å²) in [5, 5.41) is 12.5. The number of urea groups is 1. The van der Waals surface area contributed by atoms with Crippen molar-refractivity contribution in [3.05, 3.63) is 0 Å². The minimum Gasteiger partial charge on any atom is -0.391 e. The molecule has 0 bridgehead atoms. The van der Waals surface area contributed by atoms with Gasteiger partial charge in [-0.2, -0.15) is 13.2 Å². The van der Waals surface area contributed by atoms with Crippen LogP contribution in [0.4, 0.5) is 18.0 Å². The standard InChI is InChI=1S/C15H26F3N3O2/c16-15(17,18)10-13(22)11-20-6-8-21(9-7-20)14(23)19-12-4-2-1-3-5-12/h12-13,22H,1-11H2,(H,19,23)/t13-/m0/s1. The van der Waals surface area contributed by atoms with Crippen LogP contribution in [0.15, 0.2) is 0 Å². The molecule has 0 aromatic rings. The molecule has 2 N–H and O–H groups in total. The van der Waals surface area contributed by atoms with Crippen molar-refractivity contribution in [2.24, 2.45) is 0 Å². The van der Waals surface area contributed by atoms with E-state index in [9.17, 15) is 23.1 Å². The van der Waals surface area contributed by atoms with E-state index >= 15 is 0 Å². The molecule has 0 radical (unpaired) electrons. The Balaban J connectivity index is 1.67. The topological polar surface area (TPSA) is 55.8 Å². The number of hydrogen-bond acceptors (Lipinski definition) is 3. The van der Waals surface area contributed by atoms with E-state index in [-0.39, 0.29) is 18.6 Å². The van der Waals surface area contributed by atoms with Crippen LogP contribution in [-0.2, 0) is 0 Å². The van der Waals surface area contributed by atoms with Gasteiger partial charge in [0.2, 0.25) is 0 Å². The maximum Gasteiger partial charge on any atom is 0.391 e. The predicted octanol–water partition coefficient (Wildman–Crippen LogP) is 1.96. The van der Waals surface area contributed by atoms with Gasteiger partial charge in [-0.05, 0) is 12.8 Å². The third-order valence-corrected chi connectivity index (χ3v) is 4.53. The van der Waals surface area contributed by atoms with Crippen LogP contribution >= 0.6 is 0 Å². The Morgan fingerprint density at radius 3 is 2.30 bits per heavy atom. The number of aliphatic hydroxyl groups is 1. The van der Waals surface area contributed by atoms with E-state index in [1.807, 2.05) is 0 Å². The molecule has 0 aromatic heterocycles. The van der Waals surface area contributed by atoms with Crippen molar-refractivity contribution >= 4 is 6.03 Å². The lowest BCUT2D eigenvalue weighted by molar-refractivity contribution is -0.155. The summed E-state index contributed by atoms with van der Waals surface area (Å²) in [7, 11) is 0. The zero-order chi connectivity index (χ0) is 16.9. The van der Waals surface area contributed by atoms with Gasteiger partial charge < -0.3 is 15.3 Å². The summed E-state index contributed by atoms with van der Waals surface area (Å²) in [4.78, 5) is 15.7. The zero-order valence-corrected chi connectivity index (χ0v) is 13.3. The fourth-order valence-corrected chi connectivity index (χ4v) is 3.28. The summed E-state index contributed by atoms with van der Waals surface area (Å²) < 4.78 is 36.6. The van der Waals surface area contributed by atoms with Crippen molar-refractivity contribution in [3.8, 4) is 0 Å². The summed E-state index contributed by atoms with van der Waals surface area (Å²) in [5.41, 5.74) is 0. The highest BCUT2D eigenvalue weighted by atomic mass is 19.4. The number of rotatable bonds is 4. The van der Waals surface area contributed by atoms with Crippen molar-refractivity contribution in [1.29, 1.82) is 0 Å². The summed E-state index contributed by atoms with van der Waals surface area (Å²) in [5.74, 6) is 0. The highest BCUT2D eigenvalue weighted by Gasteiger charge is 2.32. The first-order valence-corrected chi connectivity index (χ1v) is 8.36. The second-order valence-corrected chi connectivity index (χ2v) is 6.55. The normalized spacial score (nSPS) is 22.9. The molecular formula is C15H26F3N3O2. The molecule has 134 valence electrons. The largest absolute Gasteiger partial charge is 0.391 e. The van der Waals surface area contributed by atoms with Crippen molar-refractivity contribution in [1.82, 2.24) is 15.1 Å². The fourth-order valence-electron chi connectivity index (χ4n) is 3.28. The van der Waals surface area contributed by atoms with Gasteiger partial charge in [0.25, 0.3) is 0 Å². The molecule has 1 aliphatic heterocycles. The Hall–Kier alpha value is -1.02. The molecule has 23 heavy (non-hydrogen) atoms. The first-order chi connectivity index (χ1) is 10.8. The van der Waals surface area contributed by atoms with Gasteiger partial charge in [-0.1, -0.05) is 19.3 Å². The molecule has 0 aromatic carbocycles. The third kappa shape index (κ3) is 6.55. The average molecular weight is 337 g/mol. The first-order valence-electron chi connectivity index (χ1n) is 8.36. The number of aliphatic hydroxyl groups excluding tert-OH is 1. The van der Waals surface area contributed by atoms with Crippen molar-refractivity contribution in [2.45, 2.75) is 56.8 Å². The van der Waals surface area contributed by atoms with Crippen LogP contribution in [0.25, 0.3) is 0 Å². The number of carbonyl (C=O) groups is 1. The van der Waals surface area contributed by atoms with Gasteiger partial charge >= 0.3 is 12.2 Å². The Morgan fingerprint density at radius 2 is 1.74 bits per heavy atom. The summed E-state index contributed by atoms with van der Waals surface area (Å²) in [6.45, 7) is 1.95. The van der Waals surface area contributed by atoms with Gasteiger partial charge in [0.15, 0.2) is 0 Å². The SMILES string of the molecule is O=C(NC1CCCCC1)N1CCN(C[C@@H](O)CC(F)(F)F)CC1. The molecule has 2 aliphatic rings. The van der Waals surface area contributed by atoms with Crippen LogP contribution in [0, 0.1) is 0 Å². The number of halogens is 3. The summed E-state index contributed by atoms with van der Waals surface area (Å²) in [6, 6.07) is 0.176. The number of hydrogen-bond donors (Lipinski definition) is 2. The van der Waals surface area contributed by atoms with Crippen molar-refractivity contribution in [3.63, 3.8) is 0 Å². The lowest BCUT2D eigenvalue weighted by Crippen LogP contribution is -2.54. The van der Waals surface area contributed by atoms with Crippen LogP contribution in [0.2, 0.25) is 0 Å². The summed E-state index contributed by atoms with van der Waals surface area (Å²) >= 11 is 0. The van der Waals surface area contributed by atoms with Crippen LogP contribution < -0.4 is 5.32 Å². The minimum absolute atomic E-state index is 0.00239. The lowest BCUT2D eigenvalue weighted by atomic mass is 9.96. The molecule has 0 spiro atoms. The zero-order valence-electron chi connectivity index (χ0n) is 13.3. The number of carbonyl (C=O) groups excluding carboxylic acids is 1. The molecule has 2 fully saturated rings. The maximum absolute atomic E-state index is 12.2. The van der Waals surface area contributed by atoms with Crippen molar-refractivity contribution in [2.75, 3.05) is 32.7 Å². The number of nitrogens with one attached hydrogen (secondary N) is 1. The third-order valence-electron chi connectivity index (χ3n) is 4.53. The van der Waals surface area contributed by atoms with Crippen LogP contribution in [0.5, 0.6) is 0 Å². The summed E-state index contributed by atoms with van der Waals surface area (Å²) in [6.07, 6.45) is -1.37. The monoisotopic (exact) mass is 337 g/mol. The van der Waals surface area contributed by atoms with E-state index < -0.39 is 18.7 Å². The number of piperazine rings is 1. The van der Waals surface area contributed by atoms with E-state index in [1.54, 1.807) is 9.80 Å². The predicted molar refractivity (Wildman–Crippen MR) is 80.1 cm³/mol. The molecule has 1 heterocycles. The Bertz CT molecular complexity index is 379. The molecule has 1 aliphatic carbocycles. The van der Waals surface area contributed by atoms with E-state index in [0.29, 0.717) is 26.2 Å². The second-order valence-electron chi connectivity index (χ2n) is 6.55. The molecule has 8 heteroatoms. The fraction of sp³-hybridized carbons (Fsp3) is 0.933. The molecule has 2 amide bonds. The van der Waals surface area contributed by atoms with Crippen LogP contribution in [0.1, 0.15) is 38.5 Å².